The number of ether oxygens (including phenoxy) is 1. The molecule has 2 heterocycles. The molecule has 2 rings (SSSR count). The van der Waals surface area contributed by atoms with Crippen molar-refractivity contribution in [2.24, 2.45) is 0 Å². The highest BCUT2D eigenvalue weighted by molar-refractivity contribution is 5.43. The molecule has 0 radical (unpaired) electrons. The maximum atomic E-state index is 5.39. The molecule has 0 aromatic carbocycles. The van der Waals surface area contributed by atoms with Gasteiger partial charge in [0.25, 0.3) is 0 Å². The van der Waals surface area contributed by atoms with Crippen molar-refractivity contribution in [1.82, 2.24) is 9.97 Å². The fourth-order valence-electron chi connectivity index (χ4n) is 1.70. The number of nitrogens with zero attached hydrogens (tertiary/aromatic N) is 3. The fourth-order valence-corrected chi connectivity index (χ4v) is 1.70. The predicted molar refractivity (Wildman–Crippen MR) is 59.2 cm³/mol. The number of hydrogen-bond acceptors (Lipinski definition) is 5. The van der Waals surface area contributed by atoms with Gasteiger partial charge in [-0.15, -0.1) is 0 Å². The van der Waals surface area contributed by atoms with Crippen molar-refractivity contribution in [3.05, 3.63) is 12.3 Å². The summed E-state index contributed by atoms with van der Waals surface area (Å²) in [6, 6.07) is 2.31. The molecule has 1 aromatic heterocycles. The molecule has 5 nitrogen and oxygen atoms in total. The van der Waals surface area contributed by atoms with Crippen molar-refractivity contribution in [2.45, 2.75) is 13.0 Å². The van der Waals surface area contributed by atoms with E-state index in [1.165, 1.54) is 0 Å². The molecule has 1 fully saturated rings. The van der Waals surface area contributed by atoms with Crippen LogP contribution >= 0.6 is 0 Å². The van der Waals surface area contributed by atoms with Gasteiger partial charge in [-0.1, -0.05) is 0 Å². The zero-order valence-electron chi connectivity index (χ0n) is 9.10. The van der Waals surface area contributed by atoms with Crippen molar-refractivity contribution in [2.75, 3.05) is 37.0 Å². The summed E-state index contributed by atoms with van der Waals surface area (Å²) >= 11 is 0. The average Bonchev–Trinajstić information content (AvgIpc) is 2.30. The number of aromatic nitrogens is 2. The van der Waals surface area contributed by atoms with E-state index in [2.05, 4.69) is 27.1 Å². The van der Waals surface area contributed by atoms with E-state index in [9.17, 15) is 0 Å². The van der Waals surface area contributed by atoms with E-state index in [1.54, 1.807) is 6.20 Å². The third-order valence-electron chi connectivity index (χ3n) is 2.53. The fraction of sp³-hybridized carbons (Fsp3) is 0.600. The molecule has 0 amide bonds. The summed E-state index contributed by atoms with van der Waals surface area (Å²) in [7, 11) is 1.82. The summed E-state index contributed by atoms with van der Waals surface area (Å²) in [5.41, 5.74) is 0. The third-order valence-corrected chi connectivity index (χ3v) is 2.53. The Balaban J connectivity index is 2.19. The van der Waals surface area contributed by atoms with E-state index in [0.29, 0.717) is 12.0 Å². The molecule has 15 heavy (non-hydrogen) atoms. The molecule has 1 aliphatic heterocycles. The molecule has 1 aromatic rings. The van der Waals surface area contributed by atoms with E-state index in [0.717, 1.165) is 25.6 Å². The van der Waals surface area contributed by atoms with Crippen LogP contribution in [-0.2, 0) is 4.74 Å². The highest BCUT2D eigenvalue weighted by Crippen LogP contribution is 2.17. The maximum Gasteiger partial charge on any atom is 0.224 e. The number of rotatable bonds is 2. The van der Waals surface area contributed by atoms with Crippen LogP contribution in [0.1, 0.15) is 6.92 Å². The van der Waals surface area contributed by atoms with Gasteiger partial charge in [0.1, 0.15) is 5.82 Å². The van der Waals surface area contributed by atoms with Gasteiger partial charge in [-0.3, -0.25) is 0 Å². The molecule has 5 heteroatoms. The van der Waals surface area contributed by atoms with Gasteiger partial charge >= 0.3 is 0 Å². The van der Waals surface area contributed by atoms with Gasteiger partial charge in [0.15, 0.2) is 0 Å². The van der Waals surface area contributed by atoms with E-state index in [-0.39, 0.29) is 0 Å². The van der Waals surface area contributed by atoms with Gasteiger partial charge in [-0.05, 0) is 13.0 Å². The Hall–Kier alpha value is -1.36. The topological polar surface area (TPSA) is 50.3 Å². The van der Waals surface area contributed by atoms with Gasteiger partial charge in [-0.2, -0.15) is 4.98 Å². The van der Waals surface area contributed by atoms with Gasteiger partial charge in [0.05, 0.1) is 19.3 Å². The van der Waals surface area contributed by atoms with Crippen LogP contribution in [0, 0.1) is 0 Å². The summed E-state index contributed by atoms with van der Waals surface area (Å²) in [6.07, 6.45) is 1.77. The highest BCUT2D eigenvalue weighted by Gasteiger charge is 2.20. The van der Waals surface area contributed by atoms with Crippen LogP contribution in [-0.4, -0.2) is 42.8 Å². The van der Waals surface area contributed by atoms with E-state index in [1.807, 2.05) is 13.1 Å². The molecule has 0 spiro atoms. The standard InChI is InChI=1S/C10H16N4O/c1-8-7-15-6-5-14(8)9-3-4-12-10(11-2)13-9/h3-4,8H,5-7H2,1-2H3,(H,11,12,13)/t8-/m1/s1. The number of hydrogen-bond donors (Lipinski definition) is 1. The largest absolute Gasteiger partial charge is 0.377 e. The van der Waals surface area contributed by atoms with Crippen molar-refractivity contribution in [3.63, 3.8) is 0 Å². The first kappa shape index (κ1) is 10.2. The smallest absolute Gasteiger partial charge is 0.224 e. The minimum absolute atomic E-state index is 0.373. The Morgan fingerprint density at radius 3 is 3.20 bits per heavy atom. The summed E-state index contributed by atoms with van der Waals surface area (Å²) in [5, 5.41) is 2.94. The lowest BCUT2D eigenvalue weighted by molar-refractivity contribution is 0.0985. The summed E-state index contributed by atoms with van der Waals surface area (Å²) in [5.74, 6) is 1.62. The monoisotopic (exact) mass is 208 g/mol. The summed E-state index contributed by atoms with van der Waals surface area (Å²) in [4.78, 5) is 10.8. The van der Waals surface area contributed by atoms with Gasteiger partial charge in [-0.25, -0.2) is 4.98 Å². The summed E-state index contributed by atoms with van der Waals surface area (Å²) < 4.78 is 5.39. The lowest BCUT2D eigenvalue weighted by atomic mass is 10.2. The van der Waals surface area contributed by atoms with Crippen molar-refractivity contribution >= 4 is 11.8 Å². The van der Waals surface area contributed by atoms with Crippen LogP contribution in [0.2, 0.25) is 0 Å². The van der Waals surface area contributed by atoms with Crippen molar-refractivity contribution in [3.8, 4) is 0 Å². The van der Waals surface area contributed by atoms with Crippen LogP contribution in [0.3, 0.4) is 0 Å². The SMILES string of the molecule is CNc1nccc(N2CCOC[C@H]2C)n1. The molecule has 0 unspecified atom stereocenters. The molecule has 1 atom stereocenters. The molecular formula is C10H16N4O. The first-order chi connectivity index (χ1) is 7.31. The van der Waals surface area contributed by atoms with Crippen molar-refractivity contribution in [1.29, 1.82) is 0 Å². The van der Waals surface area contributed by atoms with Crippen LogP contribution in [0.25, 0.3) is 0 Å². The van der Waals surface area contributed by atoms with Crippen LogP contribution in [0.5, 0.6) is 0 Å². The third kappa shape index (κ3) is 2.18. The lowest BCUT2D eigenvalue weighted by Crippen LogP contribution is -2.44. The van der Waals surface area contributed by atoms with Crippen molar-refractivity contribution < 1.29 is 4.74 Å². The molecule has 0 bridgehead atoms. The predicted octanol–water partition coefficient (Wildman–Crippen LogP) is 0.743. The molecule has 82 valence electrons. The van der Waals surface area contributed by atoms with Gasteiger partial charge < -0.3 is 15.0 Å². The van der Waals surface area contributed by atoms with Gasteiger partial charge in [0.2, 0.25) is 5.95 Å². The quantitative estimate of drug-likeness (QED) is 0.777. The minimum Gasteiger partial charge on any atom is -0.377 e. The highest BCUT2D eigenvalue weighted by atomic mass is 16.5. The lowest BCUT2D eigenvalue weighted by Gasteiger charge is -2.34. The van der Waals surface area contributed by atoms with E-state index >= 15 is 0 Å². The Kier molecular flexibility index (Phi) is 3.01. The molecule has 0 saturated carbocycles. The molecular weight excluding hydrogens is 192 g/mol. The Morgan fingerprint density at radius 2 is 2.47 bits per heavy atom. The second-order valence-electron chi connectivity index (χ2n) is 3.61. The summed E-state index contributed by atoms with van der Waals surface area (Å²) in [6.45, 7) is 4.56. The van der Waals surface area contributed by atoms with E-state index < -0.39 is 0 Å². The Morgan fingerprint density at radius 1 is 1.60 bits per heavy atom. The number of morpholine rings is 1. The number of anilines is 2. The minimum atomic E-state index is 0.373. The first-order valence-electron chi connectivity index (χ1n) is 5.16. The molecule has 1 aliphatic rings. The first-order valence-corrected chi connectivity index (χ1v) is 5.16. The van der Waals surface area contributed by atoms with Crippen LogP contribution in [0.15, 0.2) is 12.3 Å². The second kappa shape index (κ2) is 4.44. The molecule has 1 N–H and O–H groups in total. The van der Waals surface area contributed by atoms with Crippen LogP contribution < -0.4 is 10.2 Å². The second-order valence-corrected chi connectivity index (χ2v) is 3.61. The zero-order valence-corrected chi connectivity index (χ0v) is 9.10. The van der Waals surface area contributed by atoms with E-state index in [4.69, 9.17) is 4.74 Å². The van der Waals surface area contributed by atoms with Gasteiger partial charge in [0, 0.05) is 19.8 Å². The average molecular weight is 208 g/mol. The Bertz CT molecular complexity index is 331. The molecule has 1 saturated heterocycles. The zero-order chi connectivity index (χ0) is 10.7. The molecule has 0 aliphatic carbocycles. The Labute approximate surface area is 89.5 Å². The van der Waals surface area contributed by atoms with Crippen LogP contribution in [0.4, 0.5) is 11.8 Å². The number of nitrogens with one attached hydrogen (secondary N) is 1. The maximum absolute atomic E-state index is 5.39. The normalized spacial score (nSPS) is 21.5.